The first-order valence-electron chi connectivity index (χ1n) is 5.99. The van der Waals surface area contributed by atoms with Crippen LogP contribution in [-0.4, -0.2) is 13.2 Å². The summed E-state index contributed by atoms with van der Waals surface area (Å²) in [4.78, 5) is 0. The second kappa shape index (κ2) is 10.8. The fourth-order valence-corrected chi connectivity index (χ4v) is 1.68. The molecule has 84 valence electrons. The maximum atomic E-state index is 5.40. The zero-order chi connectivity index (χ0) is 10.6. The molecule has 0 aromatic carbocycles. The summed E-state index contributed by atoms with van der Waals surface area (Å²) in [5.41, 5.74) is 0. The van der Waals surface area contributed by atoms with Gasteiger partial charge in [0.2, 0.25) is 0 Å². The Morgan fingerprint density at radius 2 is 1.93 bits per heavy atom. The van der Waals surface area contributed by atoms with Crippen LogP contribution in [-0.2, 0) is 4.74 Å². The van der Waals surface area contributed by atoms with Gasteiger partial charge < -0.3 is 4.74 Å². The lowest BCUT2D eigenvalue weighted by Gasteiger charge is -2.13. The van der Waals surface area contributed by atoms with Gasteiger partial charge in [0.15, 0.2) is 0 Å². The standard InChI is InChI=1S/C13H26O/c1-4-6-7-8-9-10-12-13(14-3)11-5-2/h4,6,13H,5,7-12H2,1-3H3/b6-4+. The molecule has 1 atom stereocenters. The van der Waals surface area contributed by atoms with Gasteiger partial charge >= 0.3 is 0 Å². The number of methoxy groups -OCH3 is 1. The highest BCUT2D eigenvalue weighted by Gasteiger charge is 2.04. The van der Waals surface area contributed by atoms with Crippen molar-refractivity contribution in [3.8, 4) is 0 Å². The third-order valence-corrected chi connectivity index (χ3v) is 2.58. The van der Waals surface area contributed by atoms with Crippen LogP contribution in [0.15, 0.2) is 12.2 Å². The third-order valence-electron chi connectivity index (χ3n) is 2.58. The summed E-state index contributed by atoms with van der Waals surface area (Å²) in [5.74, 6) is 0. The Kier molecular flexibility index (Phi) is 10.5. The number of hydrogen-bond donors (Lipinski definition) is 0. The molecule has 0 aromatic heterocycles. The first kappa shape index (κ1) is 13.7. The highest BCUT2D eigenvalue weighted by Crippen LogP contribution is 2.12. The van der Waals surface area contributed by atoms with Crippen LogP contribution in [0.2, 0.25) is 0 Å². The van der Waals surface area contributed by atoms with Crippen LogP contribution in [0.4, 0.5) is 0 Å². The molecule has 0 radical (unpaired) electrons. The van der Waals surface area contributed by atoms with E-state index in [2.05, 4.69) is 26.0 Å². The Bertz CT molecular complexity index is 129. The van der Waals surface area contributed by atoms with E-state index in [1.54, 1.807) is 0 Å². The molecule has 0 saturated carbocycles. The van der Waals surface area contributed by atoms with Gasteiger partial charge in [-0.15, -0.1) is 0 Å². The average Bonchev–Trinajstić information content (AvgIpc) is 2.21. The van der Waals surface area contributed by atoms with E-state index in [4.69, 9.17) is 4.74 Å². The molecule has 0 aliphatic carbocycles. The second-order valence-electron chi connectivity index (χ2n) is 3.85. The highest BCUT2D eigenvalue weighted by atomic mass is 16.5. The average molecular weight is 198 g/mol. The molecule has 0 N–H and O–H groups in total. The molecule has 0 spiro atoms. The van der Waals surface area contributed by atoms with Crippen molar-refractivity contribution in [2.45, 2.75) is 64.9 Å². The zero-order valence-electron chi connectivity index (χ0n) is 10.1. The SMILES string of the molecule is C/C=C/CCCCCC(CCC)OC. The summed E-state index contributed by atoms with van der Waals surface area (Å²) in [7, 11) is 1.83. The lowest BCUT2D eigenvalue weighted by molar-refractivity contribution is 0.0850. The van der Waals surface area contributed by atoms with Gasteiger partial charge in [-0.3, -0.25) is 0 Å². The monoisotopic (exact) mass is 198 g/mol. The van der Waals surface area contributed by atoms with Gasteiger partial charge in [-0.25, -0.2) is 0 Å². The first-order chi connectivity index (χ1) is 6.85. The normalized spacial score (nSPS) is 13.6. The summed E-state index contributed by atoms with van der Waals surface area (Å²) in [6.45, 7) is 4.31. The topological polar surface area (TPSA) is 9.23 Å². The summed E-state index contributed by atoms with van der Waals surface area (Å²) >= 11 is 0. The summed E-state index contributed by atoms with van der Waals surface area (Å²) in [5, 5.41) is 0. The minimum absolute atomic E-state index is 0.502. The molecular formula is C13H26O. The quantitative estimate of drug-likeness (QED) is 0.396. The van der Waals surface area contributed by atoms with Gasteiger partial charge in [0, 0.05) is 7.11 Å². The van der Waals surface area contributed by atoms with Crippen molar-refractivity contribution in [3.63, 3.8) is 0 Å². The highest BCUT2D eigenvalue weighted by molar-refractivity contribution is 4.76. The Morgan fingerprint density at radius 1 is 1.14 bits per heavy atom. The Hall–Kier alpha value is -0.300. The number of hydrogen-bond acceptors (Lipinski definition) is 1. The van der Waals surface area contributed by atoms with Crippen LogP contribution in [0.25, 0.3) is 0 Å². The van der Waals surface area contributed by atoms with Crippen molar-refractivity contribution in [1.82, 2.24) is 0 Å². The molecule has 1 heteroatoms. The molecule has 1 nitrogen and oxygen atoms in total. The van der Waals surface area contributed by atoms with Crippen LogP contribution in [0.1, 0.15) is 58.8 Å². The van der Waals surface area contributed by atoms with Gasteiger partial charge in [0.1, 0.15) is 0 Å². The zero-order valence-corrected chi connectivity index (χ0v) is 10.1. The molecule has 0 rings (SSSR count). The molecule has 1 unspecified atom stereocenters. The Morgan fingerprint density at radius 3 is 2.50 bits per heavy atom. The summed E-state index contributed by atoms with van der Waals surface area (Å²) < 4.78 is 5.40. The molecule has 0 heterocycles. The maximum Gasteiger partial charge on any atom is 0.0571 e. The lowest BCUT2D eigenvalue weighted by atomic mass is 10.1. The molecule has 0 saturated heterocycles. The van der Waals surface area contributed by atoms with Crippen molar-refractivity contribution < 1.29 is 4.74 Å². The Balaban J connectivity index is 3.23. The number of rotatable bonds is 9. The van der Waals surface area contributed by atoms with Crippen molar-refractivity contribution in [1.29, 1.82) is 0 Å². The van der Waals surface area contributed by atoms with Crippen LogP contribution in [0.5, 0.6) is 0 Å². The van der Waals surface area contributed by atoms with Crippen molar-refractivity contribution in [2.75, 3.05) is 7.11 Å². The van der Waals surface area contributed by atoms with Gasteiger partial charge in [-0.2, -0.15) is 0 Å². The molecule has 0 aliphatic heterocycles. The van der Waals surface area contributed by atoms with Crippen molar-refractivity contribution >= 4 is 0 Å². The molecule has 0 bridgehead atoms. The van der Waals surface area contributed by atoms with E-state index < -0.39 is 0 Å². The minimum Gasteiger partial charge on any atom is -0.381 e. The van der Waals surface area contributed by atoms with E-state index in [0.717, 1.165) is 0 Å². The second-order valence-corrected chi connectivity index (χ2v) is 3.85. The summed E-state index contributed by atoms with van der Waals surface area (Å²) in [6, 6.07) is 0. The van der Waals surface area contributed by atoms with Crippen molar-refractivity contribution in [3.05, 3.63) is 12.2 Å². The van der Waals surface area contributed by atoms with Gasteiger partial charge in [0.05, 0.1) is 6.10 Å². The predicted octanol–water partition coefficient (Wildman–Crippen LogP) is 4.33. The van der Waals surface area contributed by atoms with E-state index >= 15 is 0 Å². The van der Waals surface area contributed by atoms with E-state index in [1.165, 1.54) is 44.9 Å². The third kappa shape index (κ3) is 8.31. The minimum atomic E-state index is 0.502. The first-order valence-corrected chi connectivity index (χ1v) is 5.99. The van der Waals surface area contributed by atoms with Crippen LogP contribution >= 0.6 is 0 Å². The van der Waals surface area contributed by atoms with Gasteiger partial charge in [-0.05, 0) is 32.6 Å². The molecule has 0 fully saturated rings. The molecule has 0 aliphatic rings. The van der Waals surface area contributed by atoms with Crippen LogP contribution in [0, 0.1) is 0 Å². The fourth-order valence-electron chi connectivity index (χ4n) is 1.68. The molecule has 0 aromatic rings. The molecule has 14 heavy (non-hydrogen) atoms. The van der Waals surface area contributed by atoms with E-state index in [9.17, 15) is 0 Å². The molecular weight excluding hydrogens is 172 g/mol. The Labute approximate surface area is 89.5 Å². The number of allylic oxidation sites excluding steroid dienone is 2. The number of ether oxygens (including phenoxy) is 1. The van der Waals surface area contributed by atoms with Crippen molar-refractivity contribution in [2.24, 2.45) is 0 Å². The van der Waals surface area contributed by atoms with E-state index in [0.29, 0.717) is 6.10 Å². The smallest absolute Gasteiger partial charge is 0.0571 e. The summed E-state index contributed by atoms with van der Waals surface area (Å²) in [6.07, 6.45) is 13.8. The fraction of sp³-hybridized carbons (Fsp3) is 0.846. The maximum absolute atomic E-state index is 5.40. The molecule has 0 amide bonds. The van der Waals surface area contributed by atoms with E-state index in [-0.39, 0.29) is 0 Å². The van der Waals surface area contributed by atoms with E-state index in [1.807, 2.05) is 7.11 Å². The van der Waals surface area contributed by atoms with Gasteiger partial charge in [-0.1, -0.05) is 38.3 Å². The largest absolute Gasteiger partial charge is 0.381 e. The number of unbranched alkanes of at least 4 members (excludes halogenated alkanes) is 3. The van der Waals surface area contributed by atoms with Gasteiger partial charge in [0.25, 0.3) is 0 Å². The van der Waals surface area contributed by atoms with Crippen LogP contribution in [0.3, 0.4) is 0 Å². The predicted molar refractivity (Wildman–Crippen MR) is 63.6 cm³/mol. The lowest BCUT2D eigenvalue weighted by Crippen LogP contribution is -2.09. The van der Waals surface area contributed by atoms with Crippen LogP contribution < -0.4 is 0 Å².